The number of anilines is 1. The smallest absolute Gasteiger partial charge is 0.262 e. The lowest BCUT2D eigenvalue weighted by molar-refractivity contribution is -0.118. The monoisotopic (exact) mass is 325 g/mol. The largest absolute Gasteiger partial charge is 0.484 e. The lowest BCUT2D eigenvalue weighted by Gasteiger charge is -2.09. The number of ether oxygens (including phenoxy) is 1. The van der Waals surface area contributed by atoms with Crippen molar-refractivity contribution in [3.8, 4) is 5.75 Å². The zero-order valence-corrected chi connectivity index (χ0v) is 14.4. The molecule has 0 aliphatic rings. The van der Waals surface area contributed by atoms with Gasteiger partial charge in [0.2, 0.25) is 0 Å². The highest BCUT2D eigenvalue weighted by molar-refractivity contribution is 5.92. The SMILES string of the molecule is CC(=O)CCc1ccc(OCC(=O)Nc2ccc(C)c(C)c2)cc1. The van der Waals surface area contributed by atoms with Gasteiger partial charge in [0.05, 0.1) is 0 Å². The summed E-state index contributed by atoms with van der Waals surface area (Å²) in [5, 5.41) is 2.82. The van der Waals surface area contributed by atoms with Crippen molar-refractivity contribution >= 4 is 17.4 Å². The third kappa shape index (κ3) is 5.54. The molecule has 1 amide bonds. The quantitative estimate of drug-likeness (QED) is 0.841. The van der Waals surface area contributed by atoms with Crippen LogP contribution in [0.15, 0.2) is 42.5 Å². The van der Waals surface area contributed by atoms with Crippen LogP contribution < -0.4 is 10.1 Å². The first kappa shape index (κ1) is 17.7. The molecule has 0 unspecified atom stereocenters. The maximum absolute atomic E-state index is 12.0. The van der Waals surface area contributed by atoms with Crippen molar-refractivity contribution in [2.75, 3.05) is 11.9 Å². The van der Waals surface area contributed by atoms with Gasteiger partial charge in [-0.05, 0) is 68.1 Å². The van der Waals surface area contributed by atoms with E-state index in [1.54, 1.807) is 6.92 Å². The molecule has 4 heteroatoms. The Morgan fingerprint density at radius 1 is 1.00 bits per heavy atom. The highest BCUT2D eigenvalue weighted by Crippen LogP contribution is 2.15. The lowest BCUT2D eigenvalue weighted by Crippen LogP contribution is -2.20. The van der Waals surface area contributed by atoms with Crippen LogP contribution in [0.2, 0.25) is 0 Å². The Morgan fingerprint density at radius 2 is 1.71 bits per heavy atom. The predicted octanol–water partition coefficient (Wildman–Crippen LogP) is 3.84. The molecule has 0 aliphatic heterocycles. The van der Waals surface area contributed by atoms with E-state index in [-0.39, 0.29) is 18.3 Å². The van der Waals surface area contributed by atoms with Crippen LogP contribution in [-0.2, 0) is 16.0 Å². The van der Waals surface area contributed by atoms with E-state index in [2.05, 4.69) is 5.32 Å². The highest BCUT2D eigenvalue weighted by Gasteiger charge is 2.05. The molecule has 1 N–H and O–H groups in total. The lowest BCUT2D eigenvalue weighted by atomic mass is 10.1. The average Bonchev–Trinajstić information content (AvgIpc) is 2.55. The van der Waals surface area contributed by atoms with Crippen LogP contribution in [0.1, 0.15) is 30.0 Å². The van der Waals surface area contributed by atoms with Crippen molar-refractivity contribution in [3.63, 3.8) is 0 Å². The number of carbonyl (C=O) groups is 2. The molecule has 0 saturated heterocycles. The fraction of sp³-hybridized carbons (Fsp3) is 0.300. The summed E-state index contributed by atoms with van der Waals surface area (Å²) in [6.45, 7) is 5.59. The third-order valence-electron chi connectivity index (χ3n) is 3.85. The minimum atomic E-state index is -0.195. The summed E-state index contributed by atoms with van der Waals surface area (Å²) < 4.78 is 5.50. The summed E-state index contributed by atoms with van der Waals surface area (Å²) in [6, 6.07) is 13.3. The van der Waals surface area contributed by atoms with Crippen molar-refractivity contribution < 1.29 is 14.3 Å². The molecule has 2 rings (SSSR count). The second kappa shape index (κ2) is 8.29. The summed E-state index contributed by atoms with van der Waals surface area (Å²) >= 11 is 0. The summed E-state index contributed by atoms with van der Waals surface area (Å²) in [5.41, 5.74) is 4.17. The molecule has 0 atom stereocenters. The molecule has 2 aromatic rings. The summed E-state index contributed by atoms with van der Waals surface area (Å²) in [5.74, 6) is 0.620. The average molecular weight is 325 g/mol. The van der Waals surface area contributed by atoms with Crippen LogP contribution in [0.25, 0.3) is 0 Å². The number of carbonyl (C=O) groups excluding carboxylic acids is 2. The Kier molecular flexibility index (Phi) is 6.13. The number of rotatable bonds is 7. The first-order valence-corrected chi connectivity index (χ1v) is 8.02. The molecular formula is C20H23NO3. The Bertz CT molecular complexity index is 720. The molecule has 0 saturated carbocycles. The number of ketones is 1. The first-order valence-electron chi connectivity index (χ1n) is 8.02. The van der Waals surface area contributed by atoms with E-state index < -0.39 is 0 Å². The second-order valence-corrected chi connectivity index (χ2v) is 5.98. The van der Waals surface area contributed by atoms with Gasteiger partial charge in [-0.2, -0.15) is 0 Å². The first-order chi connectivity index (χ1) is 11.4. The zero-order valence-electron chi connectivity index (χ0n) is 14.4. The fourth-order valence-electron chi connectivity index (χ4n) is 2.24. The van der Waals surface area contributed by atoms with Crippen molar-refractivity contribution in [1.82, 2.24) is 0 Å². The topological polar surface area (TPSA) is 55.4 Å². The number of amides is 1. The Balaban J connectivity index is 1.82. The molecule has 2 aromatic carbocycles. The van der Waals surface area contributed by atoms with Gasteiger partial charge in [0, 0.05) is 12.1 Å². The fourth-order valence-corrected chi connectivity index (χ4v) is 2.24. The molecule has 24 heavy (non-hydrogen) atoms. The highest BCUT2D eigenvalue weighted by atomic mass is 16.5. The Morgan fingerprint density at radius 3 is 2.33 bits per heavy atom. The molecule has 0 aromatic heterocycles. The van der Waals surface area contributed by atoms with Crippen LogP contribution in [0.3, 0.4) is 0 Å². The van der Waals surface area contributed by atoms with Gasteiger partial charge in [0.15, 0.2) is 6.61 Å². The maximum Gasteiger partial charge on any atom is 0.262 e. The number of Topliss-reactive ketones (excluding diaryl/α,β-unsaturated/α-hetero) is 1. The van der Waals surface area contributed by atoms with Gasteiger partial charge in [-0.1, -0.05) is 18.2 Å². The van der Waals surface area contributed by atoms with Crippen molar-refractivity contribution in [2.45, 2.75) is 33.6 Å². The summed E-state index contributed by atoms with van der Waals surface area (Å²) in [6.07, 6.45) is 1.27. The van der Waals surface area contributed by atoms with Crippen LogP contribution >= 0.6 is 0 Å². The van der Waals surface area contributed by atoms with Gasteiger partial charge in [-0.3, -0.25) is 4.79 Å². The minimum absolute atomic E-state index is 0.0419. The van der Waals surface area contributed by atoms with Crippen LogP contribution in [-0.4, -0.2) is 18.3 Å². The summed E-state index contributed by atoms with van der Waals surface area (Å²) in [4.78, 5) is 22.9. The standard InChI is InChI=1S/C20H23NO3/c1-14-4-9-18(12-15(14)2)21-20(23)13-24-19-10-7-17(8-11-19)6-5-16(3)22/h4,7-12H,5-6,13H2,1-3H3,(H,21,23). The zero-order chi connectivity index (χ0) is 17.5. The van der Waals surface area contributed by atoms with Crippen molar-refractivity contribution in [1.29, 1.82) is 0 Å². The normalized spacial score (nSPS) is 10.3. The van der Waals surface area contributed by atoms with Crippen molar-refractivity contribution in [3.05, 3.63) is 59.2 Å². The van der Waals surface area contributed by atoms with E-state index in [9.17, 15) is 9.59 Å². The molecule has 4 nitrogen and oxygen atoms in total. The molecule has 0 fully saturated rings. The van der Waals surface area contributed by atoms with Gasteiger partial charge in [0.25, 0.3) is 5.91 Å². The second-order valence-electron chi connectivity index (χ2n) is 5.98. The van der Waals surface area contributed by atoms with Gasteiger partial charge >= 0.3 is 0 Å². The van der Waals surface area contributed by atoms with Gasteiger partial charge < -0.3 is 14.8 Å². The van der Waals surface area contributed by atoms with Crippen LogP contribution in [0.4, 0.5) is 5.69 Å². The molecule has 0 heterocycles. The number of hydrogen-bond donors (Lipinski definition) is 1. The molecule has 0 radical (unpaired) electrons. The number of benzene rings is 2. The van der Waals surface area contributed by atoms with Gasteiger partial charge in [-0.25, -0.2) is 0 Å². The summed E-state index contributed by atoms with van der Waals surface area (Å²) in [7, 11) is 0. The molecule has 0 aliphatic carbocycles. The van der Waals surface area contributed by atoms with E-state index >= 15 is 0 Å². The minimum Gasteiger partial charge on any atom is -0.484 e. The third-order valence-corrected chi connectivity index (χ3v) is 3.85. The van der Waals surface area contributed by atoms with E-state index in [1.165, 1.54) is 5.56 Å². The van der Waals surface area contributed by atoms with Crippen LogP contribution in [0.5, 0.6) is 5.75 Å². The maximum atomic E-state index is 12.0. The van der Waals surface area contributed by atoms with Crippen LogP contribution in [0, 0.1) is 13.8 Å². The van der Waals surface area contributed by atoms with E-state index in [0.29, 0.717) is 12.2 Å². The molecule has 0 bridgehead atoms. The number of hydrogen-bond acceptors (Lipinski definition) is 3. The van der Waals surface area contributed by atoms with Gasteiger partial charge in [-0.15, -0.1) is 0 Å². The van der Waals surface area contributed by atoms with E-state index in [0.717, 1.165) is 23.2 Å². The van der Waals surface area contributed by atoms with Gasteiger partial charge in [0.1, 0.15) is 11.5 Å². The Hall–Kier alpha value is -2.62. The van der Waals surface area contributed by atoms with E-state index in [1.807, 2.05) is 56.3 Å². The molecule has 0 spiro atoms. The molecular weight excluding hydrogens is 302 g/mol. The Labute approximate surface area is 142 Å². The van der Waals surface area contributed by atoms with E-state index in [4.69, 9.17) is 4.74 Å². The molecule has 126 valence electrons. The number of nitrogens with one attached hydrogen (secondary N) is 1. The van der Waals surface area contributed by atoms with Crippen molar-refractivity contribution in [2.24, 2.45) is 0 Å². The number of aryl methyl sites for hydroxylation is 3. The predicted molar refractivity (Wildman–Crippen MR) is 95.5 cm³/mol.